The van der Waals surface area contributed by atoms with Crippen LogP contribution in [0.5, 0.6) is 0 Å². The van der Waals surface area contributed by atoms with Gasteiger partial charge in [0.1, 0.15) is 0 Å². The molecular weight excluding hydrogens is 180 g/mol. The fourth-order valence-electron chi connectivity index (χ4n) is 1.60. The highest BCUT2D eigenvalue weighted by Gasteiger charge is 2.21. The molecule has 1 amide bonds. The van der Waals surface area contributed by atoms with E-state index in [1.165, 1.54) is 0 Å². The third kappa shape index (κ3) is 3.64. The summed E-state index contributed by atoms with van der Waals surface area (Å²) in [5, 5.41) is 15.2. The van der Waals surface area contributed by atoms with Gasteiger partial charge in [-0.05, 0) is 32.2 Å². The average molecular weight is 200 g/mol. The number of nitrogens with one attached hydrogen (secondary N) is 2. The number of carbonyl (C=O) groups is 1. The zero-order chi connectivity index (χ0) is 10.4. The quantitative estimate of drug-likeness (QED) is 0.586. The number of hydrogen-bond donors (Lipinski definition) is 3. The number of amides is 1. The fraction of sp³-hybridized carbons (Fsp3) is 0.900. The molecule has 0 bridgehead atoms. The van der Waals surface area contributed by atoms with E-state index in [1.807, 2.05) is 6.92 Å². The monoisotopic (exact) mass is 200 g/mol. The molecule has 4 heteroatoms. The van der Waals surface area contributed by atoms with Gasteiger partial charge in [0.25, 0.3) is 0 Å². The molecule has 1 aliphatic rings. The molecule has 0 aromatic carbocycles. The molecule has 1 rings (SSSR count). The third-order valence-corrected chi connectivity index (χ3v) is 2.62. The van der Waals surface area contributed by atoms with E-state index in [0.29, 0.717) is 13.0 Å². The smallest absolute Gasteiger partial charge is 0.237 e. The molecule has 0 aromatic heterocycles. The topological polar surface area (TPSA) is 61.4 Å². The lowest BCUT2D eigenvalue weighted by Crippen LogP contribution is -2.41. The minimum Gasteiger partial charge on any atom is -0.393 e. The van der Waals surface area contributed by atoms with Crippen LogP contribution in [0.3, 0.4) is 0 Å². The molecule has 3 N–H and O–H groups in total. The first-order valence-electron chi connectivity index (χ1n) is 5.43. The highest BCUT2D eigenvalue weighted by Crippen LogP contribution is 2.04. The average Bonchev–Trinajstić information content (AvgIpc) is 2.70. The Morgan fingerprint density at radius 2 is 2.50 bits per heavy atom. The van der Waals surface area contributed by atoms with Gasteiger partial charge < -0.3 is 15.7 Å². The molecule has 0 aliphatic carbocycles. The van der Waals surface area contributed by atoms with E-state index in [2.05, 4.69) is 10.6 Å². The maximum absolute atomic E-state index is 11.5. The number of rotatable bonds is 5. The summed E-state index contributed by atoms with van der Waals surface area (Å²) in [6, 6.07) is -0.00577. The van der Waals surface area contributed by atoms with Crippen molar-refractivity contribution >= 4 is 5.91 Å². The normalized spacial score (nSPS) is 23.4. The standard InChI is InChI=1S/C10H20N2O2/c1-2-8(13)5-7-12-10(14)9-4-3-6-11-9/h8-9,11,13H,2-7H2,1H3,(H,12,14). The van der Waals surface area contributed by atoms with Crippen molar-refractivity contribution < 1.29 is 9.90 Å². The Kier molecular flexibility index (Phi) is 4.90. The van der Waals surface area contributed by atoms with Crippen molar-refractivity contribution in [2.45, 2.75) is 44.8 Å². The lowest BCUT2D eigenvalue weighted by atomic mass is 10.2. The van der Waals surface area contributed by atoms with Gasteiger partial charge in [0.2, 0.25) is 5.91 Å². The summed E-state index contributed by atoms with van der Waals surface area (Å²) in [5.41, 5.74) is 0. The van der Waals surface area contributed by atoms with Gasteiger partial charge in [-0.15, -0.1) is 0 Å². The zero-order valence-electron chi connectivity index (χ0n) is 8.75. The summed E-state index contributed by atoms with van der Waals surface area (Å²) in [4.78, 5) is 11.5. The summed E-state index contributed by atoms with van der Waals surface area (Å²) in [6.07, 6.45) is 3.12. The van der Waals surface area contributed by atoms with E-state index in [-0.39, 0.29) is 18.1 Å². The second-order valence-electron chi connectivity index (χ2n) is 3.79. The molecule has 1 aliphatic heterocycles. The second-order valence-corrected chi connectivity index (χ2v) is 3.79. The number of aliphatic hydroxyl groups is 1. The Bertz CT molecular complexity index is 179. The first-order valence-corrected chi connectivity index (χ1v) is 5.43. The summed E-state index contributed by atoms with van der Waals surface area (Å²) < 4.78 is 0. The molecule has 4 nitrogen and oxygen atoms in total. The number of aliphatic hydroxyl groups excluding tert-OH is 1. The van der Waals surface area contributed by atoms with Gasteiger partial charge >= 0.3 is 0 Å². The van der Waals surface area contributed by atoms with E-state index in [1.54, 1.807) is 0 Å². The molecule has 14 heavy (non-hydrogen) atoms. The number of hydrogen-bond acceptors (Lipinski definition) is 3. The molecule has 82 valence electrons. The first kappa shape index (κ1) is 11.5. The van der Waals surface area contributed by atoms with E-state index < -0.39 is 0 Å². The molecular formula is C10H20N2O2. The SMILES string of the molecule is CCC(O)CCNC(=O)C1CCCN1. The van der Waals surface area contributed by atoms with Crippen LogP contribution in [0.2, 0.25) is 0 Å². The van der Waals surface area contributed by atoms with Crippen molar-refractivity contribution in [2.75, 3.05) is 13.1 Å². The Labute approximate surface area is 85.1 Å². The Morgan fingerprint density at radius 1 is 1.71 bits per heavy atom. The summed E-state index contributed by atoms with van der Waals surface area (Å²) in [7, 11) is 0. The van der Waals surface area contributed by atoms with E-state index in [4.69, 9.17) is 0 Å². The van der Waals surface area contributed by atoms with Gasteiger partial charge in [-0.25, -0.2) is 0 Å². The van der Waals surface area contributed by atoms with Gasteiger partial charge in [-0.1, -0.05) is 6.92 Å². The minimum atomic E-state index is -0.285. The molecule has 0 radical (unpaired) electrons. The van der Waals surface area contributed by atoms with Crippen LogP contribution in [-0.2, 0) is 4.79 Å². The van der Waals surface area contributed by atoms with Crippen LogP contribution >= 0.6 is 0 Å². The van der Waals surface area contributed by atoms with Crippen LogP contribution in [0.15, 0.2) is 0 Å². The molecule has 0 saturated carbocycles. The van der Waals surface area contributed by atoms with Gasteiger partial charge in [-0.3, -0.25) is 4.79 Å². The predicted octanol–water partition coefficient (Wildman–Crippen LogP) is 0.0156. The fourth-order valence-corrected chi connectivity index (χ4v) is 1.60. The Morgan fingerprint density at radius 3 is 3.07 bits per heavy atom. The largest absolute Gasteiger partial charge is 0.393 e. The highest BCUT2D eigenvalue weighted by atomic mass is 16.3. The Balaban J connectivity index is 2.08. The third-order valence-electron chi connectivity index (χ3n) is 2.62. The van der Waals surface area contributed by atoms with Crippen molar-refractivity contribution in [3.05, 3.63) is 0 Å². The van der Waals surface area contributed by atoms with Crippen LogP contribution in [0.1, 0.15) is 32.6 Å². The van der Waals surface area contributed by atoms with Crippen LogP contribution in [-0.4, -0.2) is 36.2 Å². The molecule has 1 fully saturated rings. The zero-order valence-corrected chi connectivity index (χ0v) is 8.75. The minimum absolute atomic E-state index is 0.00577. The van der Waals surface area contributed by atoms with Crippen molar-refractivity contribution in [3.8, 4) is 0 Å². The van der Waals surface area contributed by atoms with Gasteiger partial charge in [-0.2, -0.15) is 0 Å². The van der Waals surface area contributed by atoms with E-state index >= 15 is 0 Å². The lowest BCUT2D eigenvalue weighted by Gasteiger charge is -2.12. The van der Waals surface area contributed by atoms with Crippen LogP contribution in [0.25, 0.3) is 0 Å². The predicted molar refractivity (Wildman–Crippen MR) is 54.9 cm³/mol. The van der Waals surface area contributed by atoms with E-state index in [9.17, 15) is 9.90 Å². The lowest BCUT2D eigenvalue weighted by molar-refractivity contribution is -0.122. The van der Waals surface area contributed by atoms with Crippen LogP contribution < -0.4 is 10.6 Å². The van der Waals surface area contributed by atoms with Crippen molar-refractivity contribution in [3.63, 3.8) is 0 Å². The van der Waals surface area contributed by atoms with Crippen LogP contribution in [0.4, 0.5) is 0 Å². The molecule has 0 aromatic rings. The van der Waals surface area contributed by atoms with Crippen molar-refractivity contribution in [1.29, 1.82) is 0 Å². The molecule has 2 atom stereocenters. The van der Waals surface area contributed by atoms with Crippen LogP contribution in [0, 0.1) is 0 Å². The van der Waals surface area contributed by atoms with Gasteiger partial charge in [0.15, 0.2) is 0 Å². The van der Waals surface area contributed by atoms with Crippen molar-refractivity contribution in [2.24, 2.45) is 0 Å². The molecule has 1 heterocycles. The second kappa shape index (κ2) is 5.98. The summed E-state index contributed by atoms with van der Waals surface area (Å²) in [5.74, 6) is 0.0748. The highest BCUT2D eigenvalue weighted by molar-refractivity contribution is 5.81. The molecule has 2 unspecified atom stereocenters. The number of carbonyl (C=O) groups excluding carboxylic acids is 1. The maximum Gasteiger partial charge on any atom is 0.237 e. The molecule has 1 saturated heterocycles. The summed E-state index contributed by atoms with van der Waals surface area (Å²) in [6.45, 7) is 3.45. The molecule has 0 spiro atoms. The van der Waals surface area contributed by atoms with Crippen molar-refractivity contribution in [1.82, 2.24) is 10.6 Å². The Hall–Kier alpha value is -0.610. The van der Waals surface area contributed by atoms with Gasteiger partial charge in [0, 0.05) is 6.54 Å². The van der Waals surface area contributed by atoms with Gasteiger partial charge in [0.05, 0.1) is 12.1 Å². The van der Waals surface area contributed by atoms with E-state index in [0.717, 1.165) is 25.8 Å². The summed E-state index contributed by atoms with van der Waals surface area (Å²) >= 11 is 0. The maximum atomic E-state index is 11.5. The first-order chi connectivity index (χ1) is 6.74.